The van der Waals surface area contributed by atoms with Gasteiger partial charge in [0, 0.05) is 13.2 Å². The first-order valence-corrected chi connectivity index (χ1v) is 8.22. The van der Waals surface area contributed by atoms with E-state index in [9.17, 15) is 9.90 Å². The lowest BCUT2D eigenvalue weighted by Gasteiger charge is -2.24. The van der Waals surface area contributed by atoms with Crippen LogP contribution in [0.4, 0.5) is 10.5 Å². The third-order valence-corrected chi connectivity index (χ3v) is 4.03. The van der Waals surface area contributed by atoms with Gasteiger partial charge in [0.1, 0.15) is 6.61 Å². The van der Waals surface area contributed by atoms with Gasteiger partial charge in [0.15, 0.2) is 5.75 Å². The Morgan fingerprint density at radius 3 is 3.04 bits per heavy atom. The van der Waals surface area contributed by atoms with E-state index in [0.717, 1.165) is 12.8 Å². The zero-order chi connectivity index (χ0) is 16.7. The number of urea groups is 1. The fourth-order valence-electron chi connectivity index (χ4n) is 2.58. The monoisotopic (exact) mass is 342 g/mol. The highest BCUT2D eigenvalue weighted by molar-refractivity contribution is 6.32. The molecule has 1 aromatic rings. The molecule has 1 aromatic carbocycles. The van der Waals surface area contributed by atoms with Crippen LogP contribution in [0, 0.1) is 0 Å². The van der Waals surface area contributed by atoms with E-state index in [0.29, 0.717) is 42.8 Å². The van der Waals surface area contributed by atoms with E-state index >= 15 is 0 Å². The normalized spacial score (nSPS) is 17.3. The van der Waals surface area contributed by atoms with E-state index < -0.39 is 0 Å². The van der Waals surface area contributed by atoms with Crippen LogP contribution in [0.2, 0.25) is 5.02 Å². The average Bonchev–Trinajstić information content (AvgIpc) is 3.02. The summed E-state index contributed by atoms with van der Waals surface area (Å²) in [5.74, 6) is 0.432. The Balaban J connectivity index is 2.03. The summed E-state index contributed by atoms with van der Waals surface area (Å²) in [6.45, 7) is 3.94. The minimum atomic E-state index is -0.251. The first-order chi connectivity index (χ1) is 11.2. The number of ether oxygens (including phenoxy) is 2. The summed E-state index contributed by atoms with van der Waals surface area (Å²) in [5.41, 5.74) is 0.516. The van der Waals surface area contributed by atoms with Gasteiger partial charge in [0.2, 0.25) is 0 Å². The molecule has 6 nitrogen and oxygen atoms in total. The van der Waals surface area contributed by atoms with Crippen molar-refractivity contribution in [1.82, 2.24) is 4.90 Å². The number of amides is 2. The first kappa shape index (κ1) is 17.8. The second-order valence-electron chi connectivity index (χ2n) is 5.26. The summed E-state index contributed by atoms with van der Waals surface area (Å²) in [4.78, 5) is 14.0. The maximum Gasteiger partial charge on any atom is 0.322 e. The van der Waals surface area contributed by atoms with E-state index in [-0.39, 0.29) is 18.7 Å². The second-order valence-corrected chi connectivity index (χ2v) is 5.67. The molecule has 2 rings (SSSR count). The van der Waals surface area contributed by atoms with Crippen LogP contribution in [0.5, 0.6) is 5.75 Å². The lowest BCUT2D eigenvalue weighted by atomic mass is 10.2. The molecule has 128 valence electrons. The van der Waals surface area contributed by atoms with E-state index in [1.807, 2.05) is 6.92 Å². The molecule has 1 heterocycles. The summed E-state index contributed by atoms with van der Waals surface area (Å²) in [6, 6.07) is 4.82. The number of nitrogens with one attached hydrogen (secondary N) is 1. The Kier molecular flexibility index (Phi) is 6.95. The Hall–Kier alpha value is -1.50. The van der Waals surface area contributed by atoms with Crippen LogP contribution in [-0.4, -0.2) is 55.1 Å². The molecule has 0 aliphatic carbocycles. The Labute approximate surface area is 141 Å². The molecule has 0 bridgehead atoms. The van der Waals surface area contributed by atoms with E-state index in [2.05, 4.69) is 5.32 Å². The number of nitrogens with zero attached hydrogens (tertiary/aromatic N) is 1. The van der Waals surface area contributed by atoms with Crippen molar-refractivity contribution in [1.29, 1.82) is 0 Å². The highest BCUT2D eigenvalue weighted by atomic mass is 35.5. The molecule has 2 amide bonds. The topological polar surface area (TPSA) is 71.0 Å². The lowest BCUT2D eigenvalue weighted by Crippen LogP contribution is -2.40. The maximum atomic E-state index is 12.4. The van der Waals surface area contributed by atoms with Crippen LogP contribution in [0.15, 0.2) is 18.2 Å². The molecule has 2 N–H and O–H groups in total. The van der Waals surface area contributed by atoms with Crippen molar-refractivity contribution in [2.24, 2.45) is 0 Å². The van der Waals surface area contributed by atoms with Gasteiger partial charge in [0.05, 0.1) is 30.0 Å². The first-order valence-electron chi connectivity index (χ1n) is 7.85. The summed E-state index contributed by atoms with van der Waals surface area (Å²) in [5, 5.41) is 12.6. The molecule has 1 atom stereocenters. The summed E-state index contributed by atoms with van der Waals surface area (Å²) in [6.07, 6.45) is 1.71. The molecule has 0 aromatic heterocycles. The SMILES string of the molecule is CCOCCOc1c(Cl)cccc1NC(=O)N1CCC[C@H]1CO. The number of halogens is 1. The van der Waals surface area contributed by atoms with Gasteiger partial charge in [-0.2, -0.15) is 0 Å². The van der Waals surface area contributed by atoms with Crippen molar-refractivity contribution in [2.45, 2.75) is 25.8 Å². The second kappa shape index (κ2) is 8.96. The molecule has 0 unspecified atom stereocenters. The minimum Gasteiger partial charge on any atom is -0.487 e. The van der Waals surface area contributed by atoms with Gasteiger partial charge in [-0.1, -0.05) is 17.7 Å². The third-order valence-electron chi connectivity index (χ3n) is 3.74. The maximum absolute atomic E-state index is 12.4. The Morgan fingerprint density at radius 2 is 2.30 bits per heavy atom. The number of aliphatic hydroxyl groups is 1. The standard InChI is InChI=1S/C16H23ClN2O4/c1-2-22-9-10-23-15-13(17)6-3-7-14(15)18-16(21)19-8-4-5-12(19)11-20/h3,6-7,12,20H,2,4-5,8-11H2,1H3,(H,18,21)/t12-/m0/s1. The van der Waals surface area contributed by atoms with Crippen LogP contribution >= 0.6 is 11.6 Å². The fourth-order valence-corrected chi connectivity index (χ4v) is 2.81. The average molecular weight is 343 g/mol. The zero-order valence-corrected chi connectivity index (χ0v) is 14.0. The van der Waals surface area contributed by atoms with E-state index in [4.69, 9.17) is 21.1 Å². The number of hydrogen-bond acceptors (Lipinski definition) is 4. The van der Waals surface area contributed by atoms with Crippen molar-refractivity contribution < 1.29 is 19.4 Å². The van der Waals surface area contributed by atoms with Crippen molar-refractivity contribution in [2.75, 3.05) is 38.3 Å². The number of aliphatic hydroxyl groups excluding tert-OH is 1. The number of carbonyl (C=O) groups is 1. The van der Waals surface area contributed by atoms with E-state index in [1.54, 1.807) is 23.1 Å². The van der Waals surface area contributed by atoms with Gasteiger partial charge in [-0.3, -0.25) is 0 Å². The van der Waals surface area contributed by atoms with Crippen LogP contribution in [0.3, 0.4) is 0 Å². The molecule has 1 fully saturated rings. The predicted molar refractivity (Wildman–Crippen MR) is 89.3 cm³/mol. The molecule has 1 aliphatic heterocycles. The number of likely N-dealkylation sites (tertiary alicyclic amines) is 1. The van der Waals surface area contributed by atoms with Crippen molar-refractivity contribution in [3.8, 4) is 5.75 Å². The lowest BCUT2D eigenvalue weighted by molar-refractivity contribution is 0.110. The molecule has 7 heteroatoms. The smallest absolute Gasteiger partial charge is 0.322 e. The summed E-state index contributed by atoms with van der Waals surface area (Å²) >= 11 is 6.17. The summed E-state index contributed by atoms with van der Waals surface area (Å²) in [7, 11) is 0. The molecular formula is C16H23ClN2O4. The minimum absolute atomic E-state index is 0.0271. The molecular weight excluding hydrogens is 320 g/mol. The third kappa shape index (κ3) is 4.73. The molecule has 1 saturated heterocycles. The molecule has 0 saturated carbocycles. The molecule has 0 radical (unpaired) electrons. The predicted octanol–water partition coefficient (Wildman–Crippen LogP) is 2.74. The largest absolute Gasteiger partial charge is 0.487 e. The number of rotatable bonds is 7. The van der Waals surface area contributed by atoms with Crippen molar-refractivity contribution in [3.63, 3.8) is 0 Å². The molecule has 0 spiro atoms. The van der Waals surface area contributed by atoms with Gasteiger partial charge in [-0.05, 0) is 31.9 Å². The van der Waals surface area contributed by atoms with Crippen LogP contribution < -0.4 is 10.1 Å². The number of anilines is 1. The zero-order valence-electron chi connectivity index (χ0n) is 13.3. The van der Waals surface area contributed by atoms with Gasteiger partial charge < -0.3 is 24.8 Å². The number of benzene rings is 1. The summed E-state index contributed by atoms with van der Waals surface area (Å²) < 4.78 is 10.9. The number of hydrogen-bond donors (Lipinski definition) is 2. The highest BCUT2D eigenvalue weighted by Gasteiger charge is 2.28. The van der Waals surface area contributed by atoms with Gasteiger partial charge >= 0.3 is 6.03 Å². The van der Waals surface area contributed by atoms with Crippen LogP contribution in [0.25, 0.3) is 0 Å². The quantitative estimate of drug-likeness (QED) is 0.747. The fraction of sp³-hybridized carbons (Fsp3) is 0.562. The van der Waals surface area contributed by atoms with Crippen LogP contribution in [-0.2, 0) is 4.74 Å². The van der Waals surface area contributed by atoms with Crippen molar-refractivity contribution in [3.05, 3.63) is 23.2 Å². The molecule has 23 heavy (non-hydrogen) atoms. The number of carbonyl (C=O) groups excluding carboxylic acids is 1. The number of para-hydroxylation sites is 1. The van der Waals surface area contributed by atoms with Gasteiger partial charge in [-0.25, -0.2) is 4.79 Å². The van der Waals surface area contributed by atoms with Crippen LogP contribution in [0.1, 0.15) is 19.8 Å². The van der Waals surface area contributed by atoms with Gasteiger partial charge in [-0.15, -0.1) is 0 Å². The van der Waals surface area contributed by atoms with Crippen molar-refractivity contribution >= 4 is 23.3 Å². The highest BCUT2D eigenvalue weighted by Crippen LogP contribution is 2.33. The van der Waals surface area contributed by atoms with E-state index in [1.165, 1.54) is 0 Å². The van der Waals surface area contributed by atoms with Gasteiger partial charge in [0.25, 0.3) is 0 Å². The Bertz CT molecular complexity index is 527. The molecule has 1 aliphatic rings. The Morgan fingerprint density at radius 1 is 1.48 bits per heavy atom.